The van der Waals surface area contributed by atoms with Crippen molar-refractivity contribution in [1.29, 1.82) is 0 Å². The van der Waals surface area contributed by atoms with Gasteiger partial charge in [0.2, 0.25) is 0 Å². The molecule has 0 spiro atoms. The van der Waals surface area contributed by atoms with E-state index in [1.54, 1.807) is 24.3 Å². The van der Waals surface area contributed by atoms with E-state index in [4.69, 9.17) is 0 Å². The van der Waals surface area contributed by atoms with Gasteiger partial charge in [-0.15, -0.1) is 5.69 Å². The van der Waals surface area contributed by atoms with Crippen LogP contribution in [0, 0.1) is 41.3 Å². The van der Waals surface area contributed by atoms with E-state index in [-0.39, 0.29) is 47.2 Å². The number of hydrogen-bond donors (Lipinski definition) is 0. The molecule has 0 bridgehead atoms. The zero-order valence-electron chi connectivity index (χ0n) is 8.71. The maximum absolute atomic E-state index is 11.6. The Morgan fingerprint density at radius 1 is 0.812 bits per heavy atom. The van der Waals surface area contributed by atoms with Crippen LogP contribution >= 0.6 is 0 Å². The maximum atomic E-state index is 11.6. The van der Waals surface area contributed by atoms with Gasteiger partial charge in [0.1, 0.15) is 0 Å². The SMILES string of the molecule is O=C([N-]c1ccccc1)c1ccccc1.[Pr]. The fourth-order valence-electron chi connectivity index (χ4n) is 1.27. The van der Waals surface area contributed by atoms with Gasteiger partial charge in [0.25, 0.3) is 0 Å². The summed E-state index contributed by atoms with van der Waals surface area (Å²) < 4.78 is 0. The molecule has 2 aromatic carbocycles. The Bertz CT molecular complexity index is 442. The van der Waals surface area contributed by atoms with Crippen molar-refractivity contribution in [2.75, 3.05) is 0 Å². The first kappa shape index (κ1) is 13.3. The number of nitrogens with zero attached hydrogens (tertiary/aromatic N) is 1. The molecule has 0 atom stereocenters. The Hall–Kier alpha value is -0.726. The molecule has 2 aromatic rings. The number of carbonyl (C=O) groups excluding carboxylic acids is 1. The Labute approximate surface area is 128 Å². The third kappa shape index (κ3) is 3.69. The molecular weight excluding hydrogens is 327 g/mol. The normalized spacial score (nSPS) is 9.00. The van der Waals surface area contributed by atoms with Gasteiger partial charge in [0.05, 0.1) is 5.91 Å². The third-order valence-electron chi connectivity index (χ3n) is 2.01. The quantitative estimate of drug-likeness (QED) is 0.825. The Balaban J connectivity index is 0.00000128. The molecule has 0 N–H and O–H groups in total. The van der Waals surface area contributed by atoms with Gasteiger partial charge in [-0.1, -0.05) is 60.7 Å². The van der Waals surface area contributed by atoms with Crippen LogP contribution in [0.2, 0.25) is 0 Å². The van der Waals surface area contributed by atoms with Gasteiger partial charge in [0.15, 0.2) is 0 Å². The molecule has 77 valence electrons. The Morgan fingerprint density at radius 3 is 1.88 bits per heavy atom. The van der Waals surface area contributed by atoms with E-state index < -0.39 is 0 Å². The molecule has 0 aliphatic rings. The number of hydrogen-bond acceptors (Lipinski definition) is 1. The van der Waals surface area contributed by atoms with Gasteiger partial charge in [-0.25, -0.2) is 0 Å². The molecule has 0 unspecified atom stereocenters. The molecule has 0 saturated heterocycles. The van der Waals surface area contributed by atoms with E-state index in [9.17, 15) is 4.79 Å². The van der Waals surface area contributed by atoms with Crippen LogP contribution in [0.25, 0.3) is 5.32 Å². The summed E-state index contributed by atoms with van der Waals surface area (Å²) in [5, 5.41) is 3.99. The van der Waals surface area contributed by atoms with Gasteiger partial charge in [-0.2, -0.15) is 0 Å². The maximum Gasteiger partial charge on any atom is 0.0853 e. The van der Waals surface area contributed by atoms with Crippen LogP contribution in [0.1, 0.15) is 10.4 Å². The molecule has 0 aromatic heterocycles. The standard InChI is InChI=1S/C13H11NO.Pr/c15-13(11-7-3-1-4-8-11)14-12-9-5-2-6-10-12;/h1-10H,(H,14,15);/p-1. The summed E-state index contributed by atoms with van der Waals surface area (Å²) in [7, 11) is 0. The molecule has 1 radical (unpaired) electrons. The van der Waals surface area contributed by atoms with E-state index in [1.165, 1.54) is 0 Å². The molecular formula is C13H10NOPr-. The first-order valence-electron chi connectivity index (χ1n) is 4.72. The number of rotatable bonds is 2. The van der Waals surface area contributed by atoms with Crippen LogP contribution in [0.4, 0.5) is 5.69 Å². The largest absolute Gasteiger partial charge is 0.623 e. The van der Waals surface area contributed by atoms with Crippen molar-refractivity contribution in [2.45, 2.75) is 0 Å². The smallest absolute Gasteiger partial charge is 0.0853 e. The molecule has 0 aliphatic carbocycles. The number of para-hydroxylation sites is 1. The zero-order valence-corrected chi connectivity index (χ0v) is 12.4. The summed E-state index contributed by atoms with van der Waals surface area (Å²) in [5.74, 6) is -0.207. The summed E-state index contributed by atoms with van der Waals surface area (Å²) in [6.45, 7) is 0. The summed E-state index contributed by atoms with van der Waals surface area (Å²) in [4.78, 5) is 11.6. The van der Waals surface area contributed by atoms with Crippen molar-refractivity contribution in [3.05, 3.63) is 71.5 Å². The van der Waals surface area contributed by atoms with Gasteiger partial charge >= 0.3 is 0 Å². The second-order valence-corrected chi connectivity index (χ2v) is 3.12. The fraction of sp³-hybridized carbons (Fsp3) is 0. The van der Waals surface area contributed by atoms with Crippen LogP contribution < -0.4 is 0 Å². The predicted octanol–water partition coefficient (Wildman–Crippen LogP) is 3.53. The van der Waals surface area contributed by atoms with Crippen molar-refractivity contribution in [3.63, 3.8) is 0 Å². The van der Waals surface area contributed by atoms with Gasteiger partial charge < -0.3 is 10.1 Å². The zero-order chi connectivity index (χ0) is 10.5. The average Bonchev–Trinajstić information content (AvgIpc) is 2.31. The summed E-state index contributed by atoms with van der Waals surface area (Å²) in [6, 6.07) is 18.3. The molecule has 0 heterocycles. The fourth-order valence-corrected chi connectivity index (χ4v) is 1.27. The van der Waals surface area contributed by atoms with Crippen molar-refractivity contribution in [1.82, 2.24) is 0 Å². The van der Waals surface area contributed by atoms with E-state index in [2.05, 4.69) is 5.32 Å². The number of benzene rings is 2. The monoisotopic (exact) mass is 337 g/mol. The van der Waals surface area contributed by atoms with Crippen molar-refractivity contribution in [2.24, 2.45) is 0 Å². The van der Waals surface area contributed by atoms with Crippen molar-refractivity contribution >= 4 is 11.6 Å². The van der Waals surface area contributed by atoms with Crippen molar-refractivity contribution < 1.29 is 46.1 Å². The molecule has 1 amide bonds. The summed E-state index contributed by atoms with van der Waals surface area (Å²) >= 11 is 0. The minimum absolute atomic E-state index is 0. The van der Waals surface area contributed by atoms with Gasteiger partial charge in [0, 0.05) is 41.3 Å². The second-order valence-electron chi connectivity index (χ2n) is 3.12. The minimum atomic E-state index is -0.207. The van der Waals surface area contributed by atoms with Crippen molar-refractivity contribution in [3.8, 4) is 0 Å². The molecule has 3 heteroatoms. The first-order chi connectivity index (χ1) is 7.36. The molecule has 2 nitrogen and oxygen atoms in total. The molecule has 2 rings (SSSR count). The molecule has 0 saturated carbocycles. The Kier molecular flexibility index (Phi) is 5.64. The third-order valence-corrected chi connectivity index (χ3v) is 2.01. The van der Waals surface area contributed by atoms with Gasteiger partial charge in [-0.05, 0) is 5.56 Å². The van der Waals surface area contributed by atoms with Crippen LogP contribution in [-0.4, -0.2) is 5.91 Å². The minimum Gasteiger partial charge on any atom is -0.623 e. The van der Waals surface area contributed by atoms with Crippen LogP contribution in [-0.2, 0) is 0 Å². The topological polar surface area (TPSA) is 31.2 Å². The Morgan fingerprint density at radius 2 is 1.31 bits per heavy atom. The van der Waals surface area contributed by atoms with E-state index in [0.29, 0.717) is 11.3 Å². The number of carbonyl (C=O) groups is 1. The van der Waals surface area contributed by atoms with Crippen LogP contribution in [0.5, 0.6) is 0 Å². The predicted molar refractivity (Wildman–Crippen MR) is 60.2 cm³/mol. The average molecular weight is 337 g/mol. The van der Waals surface area contributed by atoms with Crippen LogP contribution in [0.15, 0.2) is 60.7 Å². The van der Waals surface area contributed by atoms with Gasteiger partial charge in [-0.3, -0.25) is 0 Å². The van der Waals surface area contributed by atoms with E-state index in [0.717, 1.165) is 0 Å². The first-order valence-corrected chi connectivity index (χ1v) is 4.72. The molecule has 16 heavy (non-hydrogen) atoms. The molecule has 0 fully saturated rings. The van der Waals surface area contributed by atoms with E-state index in [1.807, 2.05) is 36.4 Å². The molecule has 0 aliphatic heterocycles. The van der Waals surface area contributed by atoms with E-state index >= 15 is 0 Å². The number of amides is 1. The summed E-state index contributed by atoms with van der Waals surface area (Å²) in [5.41, 5.74) is 1.30. The van der Waals surface area contributed by atoms with Crippen LogP contribution in [0.3, 0.4) is 0 Å². The summed E-state index contributed by atoms with van der Waals surface area (Å²) in [6.07, 6.45) is 0. The second kappa shape index (κ2) is 6.77.